The molecule has 0 bridgehead atoms. The lowest BCUT2D eigenvalue weighted by Gasteiger charge is -2.29. The van der Waals surface area contributed by atoms with Gasteiger partial charge in [-0.05, 0) is 13.8 Å². The van der Waals surface area contributed by atoms with Gasteiger partial charge in [0, 0.05) is 26.2 Å². The maximum absolute atomic E-state index is 11.9. The first-order valence-corrected chi connectivity index (χ1v) is 6.05. The molecule has 7 nitrogen and oxygen atoms in total. The van der Waals surface area contributed by atoms with E-state index in [1.165, 1.54) is 11.9 Å². The predicted octanol–water partition coefficient (Wildman–Crippen LogP) is 0.263. The summed E-state index contributed by atoms with van der Waals surface area (Å²) in [5.74, 6) is -1.46. The first-order valence-electron chi connectivity index (χ1n) is 6.05. The van der Waals surface area contributed by atoms with Crippen molar-refractivity contribution in [2.45, 2.75) is 32.7 Å². The van der Waals surface area contributed by atoms with E-state index >= 15 is 0 Å². The van der Waals surface area contributed by atoms with Crippen LogP contribution in [0.3, 0.4) is 0 Å². The molecule has 0 radical (unpaired) electrons. The summed E-state index contributed by atoms with van der Waals surface area (Å²) in [5.41, 5.74) is -0.840. The van der Waals surface area contributed by atoms with Crippen LogP contribution in [0.2, 0.25) is 0 Å². The number of carbonyl (C=O) groups is 3. The van der Waals surface area contributed by atoms with E-state index in [4.69, 9.17) is 5.11 Å². The summed E-state index contributed by atoms with van der Waals surface area (Å²) in [5, 5.41) is 13.9. The fraction of sp³-hybridized carbons (Fsp3) is 0.750. The topological polar surface area (TPSA) is 98.7 Å². The van der Waals surface area contributed by atoms with Crippen molar-refractivity contribution in [2.75, 3.05) is 20.6 Å². The standard InChI is InChI=1S/C12H23N3O4/c1-8(10(18)13-4)7-15(5)11(19)14-12(2,3)6-9(16)17/h8H,6-7H2,1-5H3,(H,13,18)(H,14,19)(H,16,17). The Hall–Kier alpha value is -1.79. The van der Waals surface area contributed by atoms with E-state index in [1.807, 2.05) is 0 Å². The van der Waals surface area contributed by atoms with Crippen LogP contribution in [0.5, 0.6) is 0 Å². The third-order valence-corrected chi connectivity index (χ3v) is 2.63. The molecule has 0 aliphatic carbocycles. The molecule has 0 saturated carbocycles. The summed E-state index contributed by atoms with van der Waals surface area (Å²) in [6.45, 7) is 5.24. The van der Waals surface area contributed by atoms with Crippen molar-refractivity contribution in [1.82, 2.24) is 15.5 Å². The number of nitrogens with one attached hydrogen (secondary N) is 2. The van der Waals surface area contributed by atoms with Crippen LogP contribution in [-0.4, -0.2) is 54.1 Å². The average molecular weight is 273 g/mol. The highest BCUT2D eigenvalue weighted by Gasteiger charge is 2.26. The third kappa shape index (κ3) is 6.64. The zero-order valence-corrected chi connectivity index (χ0v) is 12.1. The summed E-state index contributed by atoms with van der Waals surface area (Å²) >= 11 is 0. The number of urea groups is 1. The van der Waals surface area contributed by atoms with E-state index < -0.39 is 17.5 Å². The lowest BCUT2D eigenvalue weighted by atomic mass is 10.0. The minimum absolute atomic E-state index is 0.149. The van der Waals surface area contributed by atoms with Gasteiger partial charge in [-0.2, -0.15) is 0 Å². The number of hydrogen-bond donors (Lipinski definition) is 3. The summed E-state index contributed by atoms with van der Waals surface area (Å²) in [7, 11) is 3.10. The summed E-state index contributed by atoms with van der Waals surface area (Å²) < 4.78 is 0. The maximum Gasteiger partial charge on any atom is 0.317 e. The highest BCUT2D eigenvalue weighted by atomic mass is 16.4. The van der Waals surface area contributed by atoms with Gasteiger partial charge in [-0.25, -0.2) is 4.79 Å². The molecule has 0 aliphatic heterocycles. The second kappa shape index (κ2) is 6.96. The highest BCUT2D eigenvalue weighted by molar-refractivity contribution is 5.80. The predicted molar refractivity (Wildman–Crippen MR) is 70.7 cm³/mol. The largest absolute Gasteiger partial charge is 0.481 e. The fourth-order valence-corrected chi connectivity index (χ4v) is 1.63. The SMILES string of the molecule is CNC(=O)C(C)CN(C)C(=O)NC(C)(C)CC(=O)O. The van der Waals surface area contributed by atoms with Crippen LogP contribution in [0.15, 0.2) is 0 Å². The lowest BCUT2D eigenvalue weighted by molar-refractivity contribution is -0.138. The van der Waals surface area contributed by atoms with E-state index in [9.17, 15) is 14.4 Å². The molecule has 0 aromatic heterocycles. The number of aliphatic carboxylic acids is 1. The number of nitrogens with zero attached hydrogens (tertiary/aromatic N) is 1. The van der Waals surface area contributed by atoms with Gasteiger partial charge >= 0.3 is 12.0 Å². The Bertz CT molecular complexity index is 355. The molecule has 7 heteroatoms. The van der Waals surface area contributed by atoms with E-state index in [1.54, 1.807) is 27.8 Å². The number of carboxylic acid groups (broad SMARTS) is 1. The van der Waals surface area contributed by atoms with Crippen LogP contribution < -0.4 is 10.6 Å². The van der Waals surface area contributed by atoms with Gasteiger partial charge in [0.2, 0.25) is 5.91 Å². The van der Waals surface area contributed by atoms with Crippen LogP contribution in [0.1, 0.15) is 27.2 Å². The average Bonchev–Trinajstić information content (AvgIpc) is 2.24. The molecule has 0 fully saturated rings. The fourth-order valence-electron chi connectivity index (χ4n) is 1.63. The molecule has 3 amide bonds. The molecule has 0 aromatic rings. The van der Waals surface area contributed by atoms with Gasteiger partial charge in [-0.15, -0.1) is 0 Å². The van der Waals surface area contributed by atoms with Crippen LogP contribution in [0.25, 0.3) is 0 Å². The Balaban J connectivity index is 4.42. The molecule has 110 valence electrons. The van der Waals surface area contributed by atoms with Crippen LogP contribution >= 0.6 is 0 Å². The van der Waals surface area contributed by atoms with Gasteiger partial charge < -0.3 is 20.6 Å². The summed E-state index contributed by atoms with van der Waals surface area (Å²) in [4.78, 5) is 35.2. The molecule has 0 aliphatic rings. The molecule has 0 heterocycles. The molecule has 0 aromatic carbocycles. The van der Waals surface area contributed by atoms with Crippen LogP contribution in [0, 0.1) is 5.92 Å². The van der Waals surface area contributed by atoms with Gasteiger partial charge in [0.15, 0.2) is 0 Å². The molecule has 0 spiro atoms. The van der Waals surface area contributed by atoms with Gasteiger partial charge in [0.25, 0.3) is 0 Å². The maximum atomic E-state index is 11.9. The third-order valence-electron chi connectivity index (χ3n) is 2.63. The molecular weight excluding hydrogens is 250 g/mol. The molecule has 1 atom stereocenters. The number of carboxylic acids is 1. The molecule has 19 heavy (non-hydrogen) atoms. The second-order valence-corrected chi connectivity index (χ2v) is 5.28. The molecule has 0 saturated heterocycles. The van der Waals surface area contributed by atoms with Crippen molar-refractivity contribution < 1.29 is 19.5 Å². The van der Waals surface area contributed by atoms with E-state index in [-0.39, 0.29) is 24.8 Å². The Morgan fingerprint density at radius 1 is 1.32 bits per heavy atom. The minimum atomic E-state index is -0.980. The van der Waals surface area contributed by atoms with Crippen molar-refractivity contribution in [3.05, 3.63) is 0 Å². The quantitative estimate of drug-likeness (QED) is 0.646. The van der Waals surface area contributed by atoms with Gasteiger partial charge in [0.1, 0.15) is 0 Å². The van der Waals surface area contributed by atoms with Gasteiger partial charge in [-0.3, -0.25) is 9.59 Å². The van der Waals surface area contributed by atoms with Crippen molar-refractivity contribution in [1.29, 1.82) is 0 Å². The molecule has 1 unspecified atom stereocenters. The van der Waals surface area contributed by atoms with Gasteiger partial charge in [0.05, 0.1) is 12.3 Å². The number of hydrogen-bond acceptors (Lipinski definition) is 3. The Labute approximate surface area is 113 Å². The first-order chi connectivity index (χ1) is 8.59. The van der Waals surface area contributed by atoms with E-state index in [2.05, 4.69) is 10.6 Å². The first kappa shape index (κ1) is 17.2. The summed E-state index contributed by atoms with van der Waals surface area (Å²) in [6.07, 6.45) is -0.169. The van der Waals surface area contributed by atoms with Crippen molar-refractivity contribution in [3.8, 4) is 0 Å². The Morgan fingerprint density at radius 3 is 2.26 bits per heavy atom. The normalized spacial score (nSPS) is 12.5. The minimum Gasteiger partial charge on any atom is -0.481 e. The van der Waals surface area contributed by atoms with E-state index in [0.29, 0.717) is 0 Å². The molecular formula is C12H23N3O4. The van der Waals surface area contributed by atoms with E-state index in [0.717, 1.165) is 0 Å². The Kier molecular flexibility index (Phi) is 6.31. The zero-order valence-electron chi connectivity index (χ0n) is 12.1. The number of rotatable bonds is 6. The zero-order chi connectivity index (χ0) is 15.2. The number of amides is 3. The van der Waals surface area contributed by atoms with Gasteiger partial charge in [-0.1, -0.05) is 6.92 Å². The van der Waals surface area contributed by atoms with Crippen LogP contribution in [-0.2, 0) is 9.59 Å². The molecule has 0 rings (SSSR count). The van der Waals surface area contributed by atoms with Crippen LogP contribution in [0.4, 0.5) is 4.79 Å². The van der Waals surface area contributed by atoms with Crippen molar-refractivity contribution >= 4 is 17.9 Å². The highest BCUT2D eigenvalue weighted by Crippen LogP contribution is 2.09. The molecule has 3 N–H and O–H groups in total. The summed E-state index contributed by atoms with van der Waals surface area (Å²) in [6, 6.07) is -0.401. The number of carbonyl (C=O) groups excluding carboxylic acids is 2. The van der Waals surface area contributed by atoms with Crippen molar-refractivity contribution in [2.24, 2.45) is 5.92 Å². The smallest absolute Gasteiger partial charge is 0.317 e. The Morgan fingerprint density at radius 2 is 1.84 bits per heavy atom. The lowest BCUT2D eigenvalue weighted by Crippen LogP contribution is -2.51. The monoisotopic (exact) mass is 273 g/mol. The van der Waals surface area contributed by atoms with Crippen molar-refractivity contribution in [3.63, 3.8) is 0 Å². The second-order valence-electron chi connectivity index (χ2n) is 5.28.